The second kappa shape index (κ2) is 19.0. The highest BCUT2D eigenvalue weighted by atomic mass is 16.6. The first-order valence-corrected chi connectivity index (χ1v) is 18.5. The minimum atomic E-state index is -1.44. The molecular weight excluding hydrogens is 626 g/mol. The highest BCUT2D eigenvalue weighted by Crippen LogP contribution is 2.39. The van der Waals surface area contributed by atoms with Gasteiger partial charge in [0.25, 0.3) is 0 Å². The number of hydrogen-bond donors (Lipinski definition) is 4. The number of methoxy groups -OCH3 is 1. The van der Waals surface area contributed by atoms with Crippen LogP contribution in [-0.4, -0.2) is 94.8 Å². The molecule has 1 saturated heterocycles. The summed E-state index contributed by atoms with van der Waals surface area (Å²) in [5, 5.41) is 37.3. The van der Waals surface area contributed by atoms with Crippen LogP contribution in [-0.2, 0) is 28.5 Å². The molecule has 10 nitrogen and oxygen atoms in total. The van der Waals surface area contributed by atoms with Gasteiger partial charge in [-0.25, -0.2) is 0 Å². The molecule has 0 aromatic heterocycles. The molecule has 0 amide bonds. The van der Waals surface area contributed by atoms with E-state index in [4.69, 9.17) is 18.9 Å². The standard InChI is InChI=1S/C39H65NO9/c1-9-31(46-8)27(4)35-36(49-35)37(40-24-29-16-12-10-11-13-17-29)39(7,45)21-14-15-25(2)34-26(3)18-19-32(47-28(5)41)38(6,44)22-20-30(42)23-33(43)48-34/h14-15,18-19,21,26-27,29-32,34-37,40,42,44-45H,9-13,16-17,20,22-24H2,1-8H3/b19-18+,21-14+,25-15+/t26-,27+,30+,31-,32-,34-,35+,36-,37?,38+,39?/m0/s1. The Morgan fingerprint density at radius 3 is 2.45 bits per heavy atom. The van der Waals surface area contributed by atoms with Gasteiger partial charge in [0.15, 0.2) is 0 Å². The molecule has 2 aliphatic heterocycles. The average Bonchev–Trinajstić information content (AvgIpc) is 3.85. The molecule has 4 N–H and O–H groups in total. The van der Waals surface area contributed by atoms with Crippen LogP contribution in [0.4, 0.5) is 0 Å². The maximum absolute atomic E-state index is 12.9. The zero-order valence-electron chi connectivity index (χ0n) is 31.2. The topological polar surface area (TPSA) is 147 Å². The Labute approximate surface area is 294 Å². The lowest BCUT2D eigenvalue weighted by atomic mass is 9.86. The number of carbonyl (C=O) groups excluding carboxylic acids is 2. The predicted molar refractivity (Wildman–Crippen MR) is 190 cm³/mol. The molecule has 49 heavy (non-hydrogen) atoms. The monoisotopic (exact) mass is 691 g/mol. The van der Waals surface area contributed by atoms with Crippen LogP contribution in [0, 0.1) is 17.8 Å². The van der Waals surface area contributed by atoms with Crippen molar-refractivity contribution in [2.45, 2.75) is 167 Å². The van der Waals surface area contributed by atoms with Crippen LogP contribution >= 0.6 is 0 Å². The molecule has 0 spiro atoms. The number of allylic oxidation sites excluding steroid dienone is 2. The zero-order valence-corrected chi connectivity index (χ0v) is 31.2. The number of aliphatic hydroxyl groups excluding tert-OH is 1. The summed E-state index contributed by atoms with van der Waals surface area (Å²) in [7, 11) is 1.73. The number of rotatable bonds is 13. The lowest BCUT2D eigenvalue weighted by Crippen LogP contribution is -2.53. The molecule has 0 aromatic rings. The molecule has 10 heteroatoms. The summed E-state index contributed by atoms with van der Waals surface area (Å²) in [6, 6.07) is -0.337. The molecule has 3 rings (SSSR count). The van der Waals surface area contributed by atoms with Gasteiger partial charge >= 0.3 is 11.9 Å². The SMILES string of the molecule is CC[C@H](OC)[C@@H](C)[C@H]1O[C@@H]1C(NCC1CCCCCC1)C(C)(O)/C=C/C=C(\C)[C@@H]1OC(=O)C[C@H](O)CC[C@@](C)(O)[C@@H](OC(C)=O)/C=C/[C@@H]1C. The summed E-state index contributed by atoms with van der Waals surface area (Å²) in [5.41, 5.74) is -1.97. The van der Waals surface area contributed by atoms with Crippen molar-refractivity contribution >= 4 is 11.9 Å². The van der Waals surface area contributed by atoms with Gasteiger partial charge in [-0.15, -0.1) is 0 Å². The fourth-order valence-corrected chi connectivity index (χ4v) is 7.53. The van der Waals surface area contributed by atoms with E-state index in [-0.39, 0.29) is 55.5 Å². The van der Waals surface area contributed by atoms with Crippen molar-refractivity contribution in [1.29, 1.82) is 0 Å². The van der Waals surface area contributed by atoms with Crippen molar-refractivity contribution < 1.29 is 43.9 Å². The molecule has 0 aromatic carbocycles. The number of ether oxygens (including phenoxy) is 4. The molecule has 2 unspecified atom stereocenters. The second-order valence-electron chi connectivity index (χ2n) is 15.3. The lowest BCUT2D eigenvalue weighted by Gasteiger charge is -2.32. The normalized spacial score (nSPS) is 34.8. The Balaban J connectivity index is 1.84. The van der Waals surface area contributed by atoms with E-state index in [1.165, 1.54) is 45.4 Å². The van der Waals surface area contributed by atoms with Crippen molar-refractivity contribution in [2.24, 2.45) is 17.8 Å². The number of epoxide rings is 1. The van der Waals surface area contributed by atoms with Crippen molar-refractivity contribution in [3.8, 4) is 0 Å². The molecule has 3 aliphatic rings. The van der Waals surface area contributed by atoms with Crippen LogP contribution in [0.5, 0.6) is 0 Å². The number of nitrogens with one attached hydrogen (secondary N) is 1. The first-order chi connectivity index (χ1) is 23.1. The minimum Gasteiger partial charge on any atom is -0.457 e. The maximum Gasteiger partial charge on any atom is 0.309 e. The molecule has 0 bridgehead atoms. The predicted octanol–water partition coefficient (Wildman–Crippen LogP) is 5.33. The van der Waals surface area contributed by atoms with Crippen LogP contribution in [0.2, 0.25) is 0 Å². The van der Waals surface area contributed by atoms with Crippen LogP contribution in [0.1, 0.15) is 113 Å². The fraction of sp³-hybridized carbons (Fsp3) is 0.795. The summed E-state index contributed by atoms with van der Waals surface area (Å²) < 4.78 is 23.3. The zero-order chi connectivity index (χ0) is 36.4. The highest BCUT2D eigenvalue weighted by molar-refractivity contribution is 5.70. The van der Waals surface area contributed by atoms with Gasteiger partial charge < -0.3 is 39.6 Å². The van der Waals surface area contributed by atoms with Gasteiger partial charge in [-0.1, -0.05) is 70.8 Å². The largest absolute Gasteiger partial charge is 0.457 e. The van der Waals surface area contributed by atoms with Gasteiger partial charge in [0.05, 0.1) is 36.4 Å². The summed E-state index contributed by atoms with van der Waals surface area (Å²) in [4.78, 5) is 24.7. The lowest BCUT2D eigenvalue weighted by molar-refractivity contribution is -0.157. The summed E-state index contributed by atoms with van der Waals surface area (Å²) >= 11 is 0. The Hall–Kier alpha value is -2.08. The minimum absolute atomic E-state index is 0.0242. The third-order valence-corrected chi connectivity index (χ3v) is 10.8. The van der Waals surface area contributed by atoms with Crippen LogP contribution in [0.15, 0.2) is 36.0 Å². The molecule has 280 valence electrons. The van der Waals surface area contributed by atoms with Gasteiger partial charge in [0.2, 0.25) is 0 Å². The van der Waals surface area contributed by atoms with E-state index in [2.05, 4.69) is 19.2 Å². The smallest absolute Gasteiger partial charge is 0.309 e. The molecule has 2 fully saturated rings. The number of aliphatic hydroxyl groups is 3. The molecule has 0 radical (unpaired) electrons. The average molecular weight is 692 g/mol. The van der Waals surface area contributed by atoms with Crippen molar-refractivity contribution in [2.75, 3.05) is 13.7 Å². The van der Waals surface area contributed by atoms with E-state index >= 15 is 0 Å². The number of esters is 2. The Morgan fingerprint density at radius 1 is 1.16 bits per heavy atom. The van der Waals surface area contributed by atoms with Crippen LogP contribution < -0.4 is 5.32 Å². The number of hydrogen-bond acceptors (Lipinski definition) is 10. The molecule has 2 heterocycles. The summed E-state index contributed by atoms with van der Waals surface area (Å²) in [6.07, 6.45) is 14.4. The van der Waals surface area contributed by atoms with E-state index in [0.717, 1.165) is 18.5 Å². The summed E-state index contributed by atoms with van der Waals surface area (Å²) in [5.74, 6) is -0.694. The molecule has 1 aliphatic carbocycles. The molecule has 11 atom stereocenters. The van der Waals surface area contributed by atoms with Gasteiger partial charge in [-0.2, -0.15) is 0 Å². The Bertz CT molecular complexity index is 1140. The van der Waals surface area contributed by atoms with E-state index in [1.807, 2.05) is 19.9 Å². The Kier molecular flexibility index (Phi) is 16.0. The van der Waals surface area contributed by atoms with Crippen molar-refractivity contribution in [3.05, 3.63) is 36.0 Å². The fourth-order valence-electron chi connectivity index (χ4n) is 7.53. The van der Waals surface area contributed by atoms with E-state index in [1.54, 1.807) is 45.3 Å². The van der Waals surface area contributed by atoms with Gasteiger partial charge in [0, 0.05) is 25.9 Å². The van der Waals surface area contributed by atoms with Crippen molar-refractivity contribution in [1.82, 2.24) is 5.32 Å². The van der Waals surface area contributed by atoms with Gasteiger partial charge in [0.1, 0.15) is 23.9 Å². The van der Waals surface area contributed by atoms with E-state index in [0.29, 0.717) is 5.92 Å². The van der Waals surface area contributed by atoms with Crippen LogP contribution in [0.25, 0.3) is 0 Å². The molecular formula is C39H65NO9. The maximum atomic E-state index is 12.9. The molecule has 1 saturated carbocycles. The van der Waals surface area contributed by atoms with E-state index < -0.39 is 41.5 Å². The highest BCUT2D eigenvalue weighted by Gasteiger charge is 2.54. The first-order valence-electron chi connectivity index (χ1n) is 18.5. The number of carbonyl (C=O) groups is 2. The quantitative estimate of drug-likeness (QED) is 0.0657. The third-order valence-electron chi connectivity index (χ3n) is 10.8. The summed E-state index contributed by atoms with van der Waals surface area (Å²) in [6.45, 7) is 13.4. The third kappa shape index (κ3) is 12.6. The van der Waals surface area contributed by atoms with Gasteiger partial charge in [-0.05, 0) is 77.0 Å². The van der Waals surface area contributed by atoms with E-state index in [9.17, 15) is 24.9 Å². The van der Waals surface area contributed by atoms with Crippen LogP contribution in [0.3, 0.4) is 0 Å². The van der Waals surface area contributed by atoms with Gasteiger partial charge in [-0.3, -0.25) is 9.59 Å². The number of cyclic esters (lactones) is 1. The Morgan fingerprint density at radius 2 is 1.84 bits per heavy atom. The van der Waals surface area contributed by atoms with Crippen molar-refractivity contribution in [3.63, 3.8) is 0 Å². The second-order valence-corrected chi connectivity index (χ2v) is 15.3. The first kappa shape index (κ1) is 41.3.